The van der Waals surface area contributed by atoms with E-state index in [1.807, 2.05) is 0 Å². The highest BCUT2D eigenvalue weighted by Gasteiger charge is 2.60. The zero-order chi connectivity index (χ0) is 28.3. The molecule has 4 aromatic heterocycles. The van der Waals surface area contributed by atoms with Crippen LogP contribution in [0, 0.1) is 0 Å². The van der Waals surface area contributed by atoms with E-state index in [0.29, 0.717) is 0 Å². The molecular formula is C19H22F2N10O8P+. The van der Waals surface area contributed by atoms with E-state index < -0.39 is 57.8 Å². The molecule has 2 fully saturated rings. The molecule has 214 valence electrons. The van der Waals surface area contributed by atoms with Crippen molar-refractivity contribution in [2.45, 2.75) is 49.6 Å². The highest BCUT2D eigenvalue weighted by molar-refractivity contribution is 7.55. The Kier molecular flexibility index (Phi) is 6.68. The van der Waals surface area contributed by atoms with Crippen LogP contribution in [0.25, 0.3) is 22.3 Å². The quantitative estimate of drug-likeness (QED) is 0.168. The van der Waals surface area contributed by atoms with Gasteiger partial charge in [0.1, 0.15) is 35.9 Å². The van der Waals surface area contributed by atoms with Crippen LogP contribution in [0.2, 0.25) is 0 Å². The van der Waals surface area contributed by atoms with Gasteiger partial charge in [-0.15, -0.1) is 9.05 Å². The van der Waals surface area contributed by atoms with Crippen LogP contribution in [-0.2, 0) is 23.0 Å². The minimum absolute atomic E-state index is 0.0476. The number of imidazole rings is 2. The van der Waals surface area contributed by atoms with Crippen molar-refractivity contribution in [3.63, 3.8) is 0 Å². The van der Waals surface area contributed by atoms with E-state index in [1.54, 1.807) is 0 Å². The summed E-state index contributed by atoms with van der Waals surface area (Å²) in [5.74, 6) is 0.0951. The molecule has 40 heavy (non-hydrogen) atoms. The summed E-state index contributed by atoms with van der Waals surface area (Å²) in [6.45, 7) is 0. The molecular weight excluding hydrogens is 565 g/mol. The lowest BCUT2D eigenvalue weighted by Crippen LogP contribution is -2.32. The van der Waals surface area contributed by atoms with Gasteiger partial charge in [-0.3, -0.25) is 9.13 Å². The molecule has 0 bridgehead atoms. The lowest BCUT2D eigenvalue weighted by atomic mass is 10.2. The minimum atomic E-state index is -4.59. The highest BCUT2D eigenvalue weighted by Crippen LogP contribution is 2.62. The standard InChI is InChI=1S/C19H22F2N10O8P/c1-35-40(34,38-18-6(20)10(32)16(36-18)30-4-28-8-12(22)24-2-26-14(8)30)39-19-7(21)11(33)17(37-19)31-5-29-9-13(23)25-3-27-15(9)31/h2-7,10-11,16-19,32-34H,1H3,(H2,22,24,26)(H2,23,25,27)/q+1. The Bertz CT molecular complexity index is 1440. The van der Waals surface area contributed by atoms with Crippen molar-refractivity contribution in [1.29, 1.82) is 0 Å². The number of alkyl halides is 2. The van der Waals surface area contributed by atoms with Gasteiger partial charge in [-0.1, -0.05) is 0 Å². The Morgan fingerprint density at radius 1 is 0.800 bits per heavy atom. The van der Waals surface area contributed by atoms with Gasteiger partial charge in [0.05, 0.1) is 19.8 Å². The molecule has 0 radical (unpaired) electrons. The van der Waals surface area contributed by atoms with Gasteiger partial charge in [-0.05, 0) is 0 Å². The van der Waals surface area contributed by atoms with Gasteiger partial charge in [0.15, 0.2) is 47.7 Å². The van der Waals surface area contributed by atoms with Crippen LogP contribution in [0.15, 0.2) is 25.3 Å². The predicted octanol–water partition coefficient (Wildman–Crippen LogP) is -0.712. The Morgan fingerprint density at radius 3 is 1.62 bits per heavy atom. The molecule has 2 saturated heterocycles. The predicted molar refractivity (Wildman–Crippen MR) is 127 cm³/mol. The van der Waals surface area contributed by atoms with Gasteiger partial charge < -0.3 is 31.2 Å². The van der Waals surface area contributed by atoms with Crippen molar-refractivity contribution < 1.29 is 46.9 Å². The fraction of sp³-hybridized carbons (Fsp3) is 0.474. The Morgan fingerprint density at radius 2 is 1.23 bits per heavy atom. The van der Waals surface area contributed by atoms with Gasteiger partial charge in [0, 0.05) is 0 Å². The van der Waals surface area contributed by atoms with Crippen molar-refractivity contribution in [3.8, 4) is 0 Å². The molecule has 6 heterocycles. The molecule has 0 aliphatic carbocycles. The van der Waals surface area contributed by atoms with E-state index >= 15 is 8.78 Å². The first-order chi connectivity index (χ1) is 19.1. The number of anilines is 2. The van der Waals surface area contributed by atoms with Gasteiger partial charge in [-0.25, -0.2) is 38.7 Å². The van der Waals surface area contributed by atoms with Crippen LogP contribution < -0.4 is 11.5 Å². The summed E-state index contributed by atoms with van der Waals surface area (Å²) in [5, 5.41) is 21.0. The maximum atomic E-state index is 15.1. The maximum absolute atomic E-state index is 15.1. The number of rotatable bonds is 7. The SMILES string of the molecule is CO[P+](O)(OC1OC(n2cnc3c(N)ncnc32)C(O)C1F)OC1OC(n2cnc3c(N)ncnc32)C(O)C1F. The summed E-state index contributed by atoms with van der Waals surface area (Å²) in [6.07, 6.45) is -10.2. The molecule has 2 aliphatic rings. The van der Waals surface area contributed by atoms with Crippen molar-refractivity contribution in [1.82, 2.24) is 39.0 Å². The first kappa shape index (κ1) is 26.9. The highest BCUT2D eigenvalue weighted by atomic mass is 31.2. The number of hydrogen-bond acceptors (Lipinski definition) is 16. The molecule has 4 aromatic rings. The lowest BCUT2D eigenvalue weighted by molar-refractivity contribution is -0.165. The molecule has 18 nitrogen and oxygen atoms in total. The second kappa shape index (κ2) is 9.94. The average Bonchev–Trinajstić information content (AvgIpc) is 3.69. The second-order valence-electron chi connectivity index (χ2n) is 8.69. The fourth-order valence-electron chi connectivity index (χ4n) is 4.33. The van der Waals surface area contributed by atoms with Gasteiger partial charge in [-0.2, -0.15) is 9.42 Å². The third kappa shape index (κ3) is 4.29. The number of hydrogen-bond donors (Lipinski definition) is 5. The maximum Gasteiger partial charge on any atom is 0.577 e. The molecule has 0 spiro atoms. The van der Waals surface area contributed by atoms with Crippen LogP contribution >= 0.6 is 8.17 Å². The van der Waals surface area contributed by atoms with Gasteiger partial charge in [0.2, 0.25) is 12.6 Å². The van der Waals surface area contributed by atoms with E-state index in [4.69, 9.17) is 34.5 Å². The smallest absolute Gasteiger partial charge is 0.385 e. The number of aliphatic hydroxyl groups excluding tert-OH is 2. The zero-order valence-corrected chi connectivity index (χ0v) is 21.1. The lowest BCUT2D eigenvalue weighted by Gasteiger charge is -2.21. The van der Waals surface area contributed by atoms with E-state index in [-0.39, 0.29) is 34.0 Å². The van der Waals surface area contributed by atoms with Crippen molar-refractivity contribution in [3.05, 3.63) is 25.3 Å². The Hall–Kier alpha value is -3.33. The van der Waals surface area contributed by atoms with Crippen LogP contribution in [-0.4, -0.2) is 98.4 Å². The van der Waals surface area contributed by atoms with Crippen LogP contribution in [0.1, 0.15) is 12.5 Å². The number of nitrogens with zero attached hydrogens (tertiary/aromatic N) is 8. The fourth-order valence-corrected chi connectivity index (χ4v) is 5.41. The van der Waals surface area contributed by atoms with Gasteiger partial charge >= 0.3 is 8.17 Å². The van der Waals surface area contributed by atoms with E-state index in [1.165, 1.54) is 21.8 Å². The van der Waals surface area contributed by atoms with E-state index in [9.17, 15) is 15.1 Å². The summed E-state index contributed by atoms with van der Waals surface area (Å²) in [7, 11) is -3.64. The van der Waals surface area contributed by atoms with Crippen molar-refractivity contribution in [2.75, 3.05) is 18.6 Å². The molecule has 8 unspecified atom stereocenters. The van der Waals surface area contributed by atoms with Gasteiger partial charge in [0.25, 0.3) is 0 Å². The largest absolute Gasteiger partial charge is 0.577 e. The number of aromatic nitrogens is 8. The number of ether oxygens (including phenoxy) is 2. The minimum Gasteiger partial charge on any atom is -0.385 e. The molecule has 0 saturated carbocycles. The number of fused-ring (bicyclic) bond motifs is 2. The topological polar surface area (TPSA) is 246 Å². The molecule has 0 amide bonds. The Labute approximate surface area is 222 Å². The molecule has 7 N–H and O–H groups in total. The van der Waals surface area contributed by atoms with Crippen LogP contribution in [0.5, 0.6) is 0 Å². The number of aliphatic hydroxyl groups is 2. The molecule has 6 rings (SSSR count). The molecule has 0 aromatic carbocycles. The molecule has 8 atom stereocenters. The third-order valence-corrected chi connectivity index (χ3v) is 7.74. The average molecular weight is 587 g/mol. The number of nitrogen functional groups attached to an aromatic ring is 2. The number of halogens is 2. The summed E-state index contributed by atoms with van der Waals surface area (Å²) >= 11 is 0. The van der Waals surface area contributed by atoms with Crippen LogP contribution in [0.3, 0.4) is 0 Å². The monoisotopic (exact) mass is 587 g/mol. The second-order valence-corrected chi connectivity index (χ2v) is 10.4. The van der Waals surface area contributed by atoms with Crippen molar-refractivity contribution >= 4 is 42.1 Å². The molecule has 2 aliphatic heterocycles. The third-order valence-electron chi connectivity index (χ3n) is 6.33. The van der Waals surface area contributed by atoms with Crippen molar-refractivity contribution in [2.24, 2.45) is 0 Å². The summed E-state index contributed by atoms with van der Waals surface area (Å²) in [6, 6.07) is 0. The van der Waals surface area contributed by atoms with Crippen LogP contribution in [0.4, 0.5) is 20.4 Å². The van der Waals surface area contributed by atoms with E-state index in [0.717, 1.165) is 19.8 Å². The zero-order valence-electron chi connectivity index (χ0n) is 20.2. The summed E-state index contributed by atoms with van der Waals surface area (Å²) in [5.41, 5.74) is 12.2. The Balaban J connectivity index is 1.19. The first-order valence-electron chi connectivity index (χ1n) is 11.5. The summed E-state index contributed by atoms with van der Waals surface area (Å²) < 4.78 is 58.9. The summed E-state index contributed by atoms with van der Waals surface area (Å²) in [4.78, 5) is 34.6. The normalized spacial score (nSPS) is 32.2. The first-order valence-corrected chi connectivity index (χ1v) is 13.0. The number of nitrogens with two attached hydrogens (primary N) is 2. The van der Waals surface area contributed by atoms with E-state index in [2.05, 4.69) is 29.9 Å². The molecule has 21 heteroatoms.